The summed E-state index contributed by atoms with van der Waals surface area (Å²) in [4.78, 5) is 4.98. The SMILES string of the molecule is C=C(N=C(C)CC)C1C(C)CC2C3CC=C4CC5(CCCC5)CCC4(C)C3=CCC21C.CC.CC. The number of fused-ring (bicyclic) bond motifs is 5. The van der Waals surface area contributed by atoms with Crippen LogP contribution in [-0.2, 0) is 0 Å². The Morgan fingerprint density at radius 3 is 2.31 bits per heavy atom. The molecule has 5 aliphatic rings. The van der Waals surface area contributed by atoms with E-state index in [0.717, 1.165) is 24.0 Å². The highest BCUT2D eigenvalue weighted by atomic mass is 14.8. The van der Waals surface area contributed by atoms with Gasteiger partial charge in [-0.3, -0.25) is 4.99 Å². The molecule has 198 valence electrons. The molecule has 0 aromatic carbocycles. The minimum absolute atomic E-state index is 0.325. The second-order valence-electron chi connectivity index (χ2n) is 12.6. The molecule has 1 heteroatoms. The van der Waals surface area contributed by atoms with Crippen molar-refractivity contribution in [2.75, 3.05) is 0 Å². The highest BCUT2D eigenvalue weighted by Gasteiger charge is 2.59. The van der Waals surface area contributed by atoms with Gasteiger partial charge in [-0.25, -0.2) is 0 Å². The second-order valence-corrected chi connectivity index (χ2v) is 12.6. The van der Waals surface area contributed by atoms with Crippen LogP contribution in [0, 0.1) is 39.9 Å². The number of nitrogens with zero attached hydrogens (tertiary/aromatic N) is 1. The molecule has 0 aromatic heterocycles. The third kappa shape index (κ3) is 4.80. The Morgan fingerprint density at radius 1 is 1.03 bits per heavy atom. The molecule has 0 N–H and O–H groups in total. The minimum atomic E-state index is 0.325. The third-order valence-electron chi connectivity index (χ3n) is 11.0. The summed E-state index contributed by atoms with van der Waals surface area (Å²) in [7, 11) is 0. The average molecular weight is 480 g/mol. The van der Waals surface area contributed by atoms with Crippen molar-refractivity contribution in [1.29, 1.82) is 0 Å². The van der Waals surface area contributed by atoms with E-state index in [0.29, 0.717) is 28.1 Å². The summed E-state index contributed by atoms with van der Waals surface area (Å²) in [5, 5.41) is 0. The van der Waals surface area contributed by atoms with Crippen molar-refractivity contribution in [2.24, 2.45) is 44.9 Å². The summed E-state index contributed by atoms with van der Waals surface area (Å²) in [6.07, 6.45) is 20.5. The van der Waals surface area contributed by atoms with Crippen LogP contribution >= 0.6 is 0 Å². The molecule has 0 saturated heterocycles. The predicted octanol–water partition coefficient (Wildman–Crippen LogP) is 10.7. The molecule has 0 aliphatic heterocycles. The predicted molar refractivity (Wildman–Crippen MR) is 156 cm³/mol. The molecular weight excluding hydrogens is 422 g/mol. The summed E-state index contributed by atoms with van der Waals surface area (Å²) in [6, 6.07) is 0. The Balaban J connectivity index is 0.000000815. The molecule has 0 aromatic rings. The van der Waals surface area contributed by atoms with Gasteiger partial charge < -0.3 is 0 Å². The summed E-state index contributed by atoms with van der Waals surface area (Å²) in [6.45, 7) is 24.6. The Hall–Kier alpha value is -1.11. The fourth-order valence-electron chi connectivity index (χ4n) is 9.13. The van der Waals surface area contributed by atoms with E-state index in [1.165, 1.54) is 69.9 Å². The van der Waals surface area contributed by atoms with Gasteiger partial charge in [-0.15, -0.1) is 0 Å². The molecule has 3 fully saturated rings. The zero-order valence-corrected chi connectivity index (χ0v) is 24.9. The highest BCUT2D eigenvalue weighted by Crippen LogP contribution is 2.68. The first-order valence-corrected chi connectivity index (χ1v) is 15.4. The standard InChI is InChI=1S/C30H45N.2C2H6/c1-7-21(3)31-22(4)27-20(2)18-26-24-11-10-23-19-30(13-8-9-14-30)17-16-28(23,5)25(24)12-15-29(26,27)6;2*1-2/h10,12,20,24,26-27H,4,7-9,11,13-19H2,1-3,5-6H3;2*1-2H3. The van der Waals surface area contributed by atoms with Crippen LogP contribution in [0.3, 0.4) is 0 Å². The summed E-state index contributed by atoms with van der Waals surface area (Å²) < 4.78 is 0. The summed E-state index contributed by atoms with van der Waals surface area (Å²) in [5.41, 5.74) is 7.40. The molecule has 5 aliphatic carbocycles. The van der Waals surface area contributed by atoms with Gasteiger partial charge in [0.15, 0.2) is 0 Å². The maximum Gasteiger partial charge on any atom is 0.0370 e. The van der Waals surface area contributed by atoms with E-state index >= 15 is 0 Å². The Labute approximate surface area is 219 Å². The quantitative estimate of drug-likeness (QED) is 0.282. The van der Waals surface area contributed by atoms with Crippen molar-refractivity contribution < 1.29 is 0 Å². The van der Waals surface area contributed by atoms with Crippen LogP contribution in [0.1, 0.15) is 133 Å². The normalized spacial score (nSPS) is 39.1. The first-order chi connectivity index (χ1) is 16.7. The molecule has 35 heavy (non-hydrogen) atoms. The first kappa shape index (κ1) is 28.5. The average Bonchev–Trinajstić information content (AvgIpc) is 3.43. The Morgan fingerprint density at radius 2 is 1.69 bits per heavy atom. The van der Waals surface area contributed by atoms with Crippen LogP contribution < -0.4 is 0 Å². The van der Waals surface area contributed by atoms with Crippen molar-refractivity contribution in [2.45, 2.75) is 133 Å². The lowest BCUT2D eigenvalue weighted by atomic mass is 9.49. The number of aliphatic imine (C=N–C) groups is 1. The maximum atomic E-state index is 4.98. The van der Waals surface area contributed by atoms with E-state index in [1.54, 1.807) is 0 Å². The van der Waals surface area contributed by atoms with Crippen LogP contribution in [0.4, 0.5) is 0 Å². The monoisotopic (exact) mass is 479 g/mol. The van der Waals surface area contributed by atoms with Gasteiger partial charge in [0.2, 0.25) is 0 Å². The molecule has 0 radical (unpaired) electrons. The van der Waals surface area contributed by atoms with Crippen molar-refractivity contribution >= 4 is 5.71 Å². The van der Waals surface area contributed by atoms with Crippen LogP contribution in [0.25, 0.3) is 0 Å². The molecule has 0 heterocycles. The van der Waals surface area contributed by atoms with E-state index < -0.39 is 0 Å². The lowest BCUT2D eigenvalue weighted by molar-refractivity contribution is 0.0902. The molecule has 0 bridgehead atoms. The maximum absolute atomic E-state index is 4.98. The van der Waals surface area contributed by atoms with Crippen molar-refractivity contribution in [3.63, 3.8) is 0 Å². The van der Waals surface area contributed by atoms with E-state index in [-0.39, 0.29) is 0 Å². The van der Waals surface area contributed by atoms with Crippen LogP contribution in [0.15, 0.2) is 40.6 Å². The van der Waals surface area contributed by atoms with Crippen molar-refractivity contribution in [3.8, 4) is 0 Å². The first-order valence-electron chi connectivity index (χ1n) is 15.4. The Kier molecular flexibility index (Phi) is 9.03. The number of hydrogen-bond donors (Lipinski definition) is 0. The van der Waals surface area contributed by atoms with Gasteiger partial charge in [-0.2, -0.15) is 0 Å². The fraction of sp³-hybridized carbons (Fsp3) is 0.794. The zero-order valence-electron chi connectivity index (χ0n) is 24.9. The van der Waals surface area contributed by atoms with Gasteiger partial charge in [-0.1, -0.05) is 98.1 Å². The summed E-state index contributed by atoms with van der Waals surface area (Å²) >= 11 is 0. The van der Waals surface area contributed by atoms with Crippen molar-refractivity contribution in [3.05, 3.63) is 35.6 Å². The van der Waals surface area contributed by atoms with Crippen LogP contribution in [0.2, 0.25) is 0 Å². The van der Waals surface area contributed by atoms with E-state index in [1.807, 2.05) is 38.8 Å². The van der Waals surface area contributed by atoms with Gasteiger partial charge in [0.25, 0.3) is 0 Å². The van der Waals surface area contributed by atoms with Crippen LogP contribution in [0.5, 0.6) is 0 Å². The second kappa shape index (κ2) is 11.1. The molecule has 6 atom stereocenters. The third-order valence-corrected chi connectivity index (χ3v) is 11.0. The lowest BCUT2D eigenvalue weighted by Crippen LogP contribution is -2.45. The van der Waals surface area contributed by atoms with Crippen LogP contribution in [-0.4, -0.2) is 5.71 Å². The number of hydrogen-bond acceptors (Lipinski definition) is 1. The molecule has 1 nitrogen and oxygen atoms in total. The van der Waals surface area contributed by atoms with Gasteiger partial charge in [0, 0.05) is 22.7 Å². The molecule has 5 rings (SSSR count). The Bertz CT molecular complexity index is 850. The fourth-order valence-corrected chi connectivity index (χ4v) is 9.13. The smallest absolute Gasteiger partial charge is 0.0370 e. The van der Waals surface area contributed by atoms with E-state index in [2.05, 4.69) is 53.3 Å². The van der Waals surface area contributed by atoms with E-state index in [9.17, 15) is 0 Å². The zero-order chi connectivity index (χ0) is 26.0. The van der Waals surface area contributed by atoms with Crippen molar-refractivity contribution in [1.82, 2.24) is 0 Å². The molecule has 0 amide bonds. The largest absolute Gasteiger partial charge is 0.263 e. The minimum Gasteiger partial charge on any atom is -0.263 e. The topological polar surface area (TPSA) is 12.4 Å². The molecular formula is C34H57N. The summed E-state index contributed by atoms with van der Waals surface area (Å²) in [5.74, 6) is 2.76. The molecule has 6 unspecified atom stereocenters. The molecule has 1 spiro atoms. The highest BCUT2D eigenvalue weighted by molar-refractivity contribution is 5.82. The van der Waals surface area contributed by atoms with Gasteiger partial charge in [0.1, 0.15) is 0 Å². The number of rotatable bonds is 3. The van der Waals surface area contributed by atoms with Gasteiger partial charge in [0.05, 0.1) is 0 Å². The van der Waals surface area contributed by atoms with Gasteiger partial charge in [-0.05, 0) is 93.3 Å². The lowest BCUT2D eigenvalue weighted by Gasteiger charge is -2.55. The molecule has 3 saturated carbocycles. The number of allylic oxidation sites excluding steroid dienone is 5. The van der Waals surface area contributed by atoms with Gasteiger partial charge >= 0.3 is 0 Å². The van der Waals surface area contributed by atoms with E-state index in [4.69, 9.17) is 4.99 Å².